The molecule has 1 fully saturated rings. The van der Waals surface area contributed by atoms with Crippen molar-refractivity contribution in [3.05, 3.63) is 105 Å². The second-order valence-corrected chi connectivity index (χ2v) is 11.0. The van der Waals surface area contributed by atoms with Gasteiger partial charge in [-0.25, -0.2) is 13.2 Å². The molecule has 43 heavy (non-hydrogen) atoms. The molecule has 0 radical (unpaired) electrons. The van der Waals surface area contributed by atoms with Crippen LogP contribution in [0, 0.1) is 28.8 Å². The summed E-state index contributed by atoms with van der Waals surface area (Å²) in [7, 11) is 0. The van der Waals surface area contributed by atoms with Crippen molar-refractivity contribution in [3.8, 4) is 6.07 Å². The Hall–Kier alpha value is -4.21. The van der Waals surface area contributed by atoms with Gasteiger partial charge >= 0.3 is 0 Å². The predicted octanol–water partition coefficient (Wildman–Crippen LogP) is 6.65. The number of nitrogens with zero attached hydrogens (tertiary/aromatic N) is 3. The average Bonchev–Trinajstić information content (AvgIpc) is 3.50. The lowest BCUT2D eigenvalue weighted by atomic mass is 10.0. The Labute approximate surface area is 255 Å². The van der Waals surface area contributed by atoms with E-state index in [0.29, 0.717) is 39.2 Å². The van der Waals surface area contributed by atoms with Gasteiger partial charge in [0.05, 0.1) is 38.6 Å². The van der Waals surface area contributed by atoms with E-state index >= 15 is 0 Å². The number of nitriles is 1. The molecule has 4 aromatic rings. The van der Waals surface area contributed by atoms with Crippen LogP contribution in [0.25, 0.3) is 10.9 Å². The van der Waals surface area contributed by atoms with Gasteiger partial charge in [0.1, 0.15) is 11.9 Å². The molecule has 0 aliphatic carbocycles. The van der Waals surface area contributed by atoms with Crippen LogP contribution in [0.4, 0.5) is 30.2 Å². The Morgan fingerprint density at radius 1 is 0.953 bits per heavy atom. The molecule has 1 unspecified atom stereocenters. The number of nitrogens with one attached hydrogen (secondary N) is 5. The quantitative estimate of drug-likeness (QED) is 0.156. The number of benzene rings is 3. The number of hydrogen-bond acceptors (Lipinski definition) is 8. The molecule has 1 aromatic heterocycles. The van der Waals surface area contributed by atoms with Crippen LogP contribution in [-0.2, 0) is 0 Å². The van der Waals surface area contributed by atoms with E-state index in [1.807, 2.05) is 11.2 Å². The van der Waals surface area contributed by atoms with E-state index in [9.17, 15) is 18.4 Å². The third-order valence-corrected chi connectivity index (χ3v) is 8.02. The number of hydrogen-bond donors (Lipinski definition) is 5. The average molecular weight is 625 g/mol. The summed E-state index contributed by atoms with van der Waals surface area (Å²) in [5, 5.41) is 22.4. The molecule has 0 bridgehead atoms. The lowest BCUT2D eigenvalue weighted by Gasteiger charge is -2.30. The zero-order valence-corrected chi connectivity index (χ0v) is 24.0. The third-order valence-electron chi connectivity index (χ3n) is 7.44. The van der Waals surface area contributed by atoms with Gasteiger partial charge in [0.25, 0.3) is 0 Å². The van der Waals surface area contributed by atoms with E-state index in [2.05, 4.69) is 38.0 Å². The summed E-state index contributed by atoms with van der Waals surface area (Å²) in [5.41, 5.74) is 9.49. The number of aromatic nitrogens is 1. The number of piperidine rings is 1. The predicted molar refractivity (Wildman–Crippen MR) is 161 cm³/mol. The molecule has 5 N–H and O–H groups in total. The first-order valence-electron chi connectivity index (χ1n) is 13.5. The van der Waals surface area contributed by atoms with Crippen LogP contribution < -0.4 is 26.9 Å². The molecule has 220 valence electrons. The van der Waals surface area contributed by atoms with Crippen molar-refractivity contribution >= 4 is 51.2 Å². The summed E-state index contributed by atoms with van der Waals surface area (Å²) in [6.07, 6.45) is 5.18. The third kappa shape index (κ3) is 6.00. The van der Waals surface area contributed by atoms with Gasteiger partial charge in [-0.05, 0) is 74.0 Å². The molecular weight excluding hydrogens is 600 g/mol. The van der Waals surface area contributed by atoms with E-state index in [1.165, 1.54) is 30.5 Å². The number of hydrazine groups is 2. The van der Waals surface area contributed by atoms with E-state index in [4.69, 9.17) is 23.2 Å². The summed E-state index contributed by atoms with van der Waals surface area (Å²) in [6, 6.07) is 13.0. The zero-order valence-electron chi connectivity index (χ0n) is 22.5. The van der Waals surface area contributed by atoms with E-state index < -0.39 is 23.5 Å². The van der Waals surface area contributed by atoms with Crippen LogP contribution in [0.3, 0.4) is 0 Å². The maximum Gasteiger partial charge on any atom is 0.159 e. The van der Waals surface area contributed by atoms with E-state index in [-0.39, 0.29) is 21.7 Å². The monoisotopic (exact) mass is 624 g/mol. The van der Waals surface area contributed by atoms with Crippen molar-refractivity contribution in [2.45, 2.75) is 24.9 Å². The first-order valence-corrected chi connectivity index (χ1v) is 14.2. The summed E-state index contributed by atoms with van der Waals surface area (Å²) in [6.45, 7) is 1.79. The fourth-order valence-corrected chi connectivity index (χ4v) is 5.70. The molecule has 1 saturated heterocycles. The van der Waals surface area contributed by atoms with Crippen molar-refractivity contribution < 1.29 is 13.2 Å². The van der Waals surface area contributed by atoms with Gasteiger partial charge in [-0.15, -0.1) is 5.53 Å². The van der Waals surface area contributed by atoms with E-state index in [1.54, 1.807) is 12.1 Å². The SMILES string of the molecule is N#Cc1cnc2c(Cl)cc(NC(C3=CN(C4CCNCC4)NN3)c3ccc(F)c(F)c3)cc2c1Nc1ccc(F)c(Cl)c1. The largest absolute Gasteiger partial charge is 0.373 e. The van der Waals surface area contributed by atoms with Crippen LogP contribution in [-0.4, -0.2) is 29.1 Å². The van der Waals surface area contributed by atoms with Gasteiger partial charge in [0.15, 0.2) is 11.6 Å². The maximum atomic E-state index is 14.4. The minimum absolute atomic E-state index is 0.0823. The Balaban J connectivity index is 1.41. The molecule has 0 spiro atoms. The van der Waals surface area contributed by atoms with Crippen molar-refractivity contribution in [2.24, 2.45) is 0 Å². The van der Waals surface area contributed by atoms with E-state index in [0.717, 1.165) is 38.1 Å². The lowest BCUT2D eigenvalue weighted by Crippen LogP contribution is -2.47. The standard InChI is InChI=1S/C30H25Cl2F3N8/c31-22-11-18(2-4-24(22)33)39-28-17(13-36)14-38-30-21(28)10-19(12-23(30)32)40-29(16-1-3-25(34)26(35)9-16)27-15-43(42-41-27)20-5-7-37-8-6-20/h1-4,9-12,14-15,20,29,37,40-42H,5-8H2,(H,38,39). The van der Waals surface area contributed by atoms with Crippen molar-refractivity contribution in [3.63, 3.8) is 0 Å². The van der Waals surface area contributed by atoms with Gasteiger partial charge in [-0.2, -0.15) is 5.26 Å². The summed E-state index contributed by atoms with van der Waals surface area (Å²) in [4.78, 5) is 4.38. The van der Waals surface area contributed by atoms with Crippen molar-refractivity contribution in [2.75, 3.05) is 23.7 Å². The summed E-state index contributed by atoms with van der Waals surface area (Å²) >= 11 is 12.7. The zero-order chi connectivity index (χ0) is 30.1. The molecule has 6 rings (SSSR count). The normalized spacial score (nSPS) is 16.0. The summed E-state index contributed by atoms with van der Waals surface area (Å²) in [5.74, 6) is -2.51. The van der Waals surface area contributed by atoms with Crippen LogP contribution in [0.2, 0.25) is 10.0 Å². The van der Waals surface area contributed by atoms with Gasteiger partial charge in [0.2, 0.25) is 0 Å². The Morgan fingerprint density at radius 3 is 2.47 bits per heavy atom. The lowest BCUT2D eigenvalue weighted by molar-refractivity contribution is 0.162. The molecule has 1 atom stereocenters. The minimum atomic E-state index is -0.977. The van der Waals surface area contributed by atoms with Crippen molar-refractivity contribution in [1.82, 2.24) is 26.3 Å². The highest BCUT2D eigenvalue weighted by atomic mass is 35.5. The van der Waals surface area contributed by atoms with Gasteiger partial charge in [-0.3, -0.25) is 9.99 Å². The molecule has 0 amide bonds. The second-order valence-electron chi connectivity index (χ2n) is 10.2. The smallest absolute Gasteiger partial charge is 0.159 e. The second kappa shape index (κ2) is 12.2. The number of pyridine rings is 1. The molecular formula is C30H25Cl2F3N8. The van der Waals surface area contributed by atoms with Gasteiger partial charge in [0, 0.05) is 35.2 Å². The van der Waals surface area contributed by atoms with Gasteiger partial charge in [-0.1, -0.05) is 29.3 Å². The highest BCUT2D eigenvalue weighted by Crippen LogP contribution is 2.37. The maximum absolute atomic E-state index is 14.4. The topological polar surface area (TPSA) is 100 Å². The number of fused-ring (bicyclic) bond motifs is 1. The van der Waals surface area contributed by atoms with Crippen LogP contribution >= 0.6 is 23.2 Å². The van der Waals surface area contributed by atoms with Crippen LogP contribution in [0.5, 0.6) is 0 Å². The Kier molecular flexibility index (Phi) is 8.19. The van der Waals surface area contributed by atoms with Crippen molar-refractivity contribution in [1.29, 1.82) is 5.26 Å². The first kappa shape index (κ1) is 28.9. The minimum Gasteiger partial charge on any atom is -0.373 e. The number of rotatable bonds is 7. The summed E-state index contributed by atoms with van der Waals surface area (Å²) < 4.78 is 42.1. The highest BCUT2D eigenvalue weighted by molar-refractivity contribution is 6.36. The molecule has 8 nitrogen and oxygen atoms in total. The molecule has 2 aliphatic heterocycles. The van der Waals surface area contributed by atoms with Crippen LogP contribution in [0.15, 0.2) is 66.6 Å². The number of halogens is 5. The fourth-order valence-electron chi connectivity index (χ4n) is 5.25. The first-order chi connectivity index (χ1) is 20.8. The molecule has 0 saturated carbocycles. The highest BCUT2D eigenvalue weighted by Gasteiger charge is 2.28. The van der Waals surface area contributed by atoms with Gasteiger partial charge < -0.3 is 21.4 Å². The molecule has 2 aliphatic rings. The molecule has 3 aromatic carbocycles. The Bertz CT molecular complexity index is 1770. The number of anilines is 3. The van der Waals surface area contributed by atoms with Crippen LogP contribution in [0.1, 0.15) is 30.0 Å². The molecule has 13 heteroatoms. The molecule has 3 heterocycles. The Morgan fingerprint density at radius 2 is 1.72 bits per heavy atom. The fraction of sp³-hybridized carbons (Fsp3) is 0.200.